The lowest BCUT2D eigenvalue weighted by Crippen LogP contribution is -2.14. The molecule has 0 saturated heterocycles. The molecule has 0 aliphatic heterocycles. The molecule has 0 bridgehead atoms. The fraction of sp³-hybridized carbons (Fsp3) is 0.400. The van der Waals surface area contributed by atoms with Gasteiger partial charge >= 0.3 is 0 Å². The number of ether oxygens (including phenoxy) is 1. The van der Waals surface area contributed by atoms with Gasteiger partial charge < -0.3 is 10.1 Å². The van der Waals surface area contributed by atoms with Gasteiger partial charge in [-0.2, -0.15) is 5.10 Å². The molecule has 0 spiro atoms. The van der Waals surface area contributed by atoms with Crippen molar-refractivity contribution in [3.63, 3.8) is 0 Å². The van der Waals surface area contributed by atoms with Gasteiger partial charge in [0.05, 0.1) is 12.3 Å². The van der Waals surface area contributed by atoms with Crippen molar-refractivity contribution in [3.8, 4) is 5.75 Å². The van der Waals surface area contributed by atoms with Crippen molar-refractivity contribution in [3.05, 3.63) is 46.8 Å². The van der Waals surface area contributed by atoms with Gasteiger partial charge in [-0.3, -0.25) is 5.10 Å². The van der Waals surface area contributed by atoms with E-state index >= 15 is 0 Å². The van der Waals surface area contributed by atoms with Crippen molar-refractivity contribution in [2.75, 3.05) is 6.61 Å². The molecule has 1 heterocycles. The maximum absolute atomic E-state index is 5.61. The smallest absolute Gasteiger partial charge is 0.123 e. The maximum Gasteiger partial charge on any atom is 0.123 e. The second kappa shape index (κ2) is 6.38. The van der Waals surface area contributed by atoms with E-state index in [1.807, 2.05) is 39.0 Å². The number of H-pyrrole nitrogens is 1. The molecule has 4 nitrogen and oxygen atoms in total. The van der Waals surface area contributed by atoms with Crippen LogP contribution in [0, 0.1) is 13.8 Å². The minimum Gasteiger partial charge on any atom is -0.494 e. The van der Waals surface area contributed by atoms with E-state index in [0.717, 1.165) is 30.2 Å². The topological polar surface area (TPSA) is 49.9 Å². The molecule has 0 aliphatic carbocycles. The van der Waals surface area contributed by atoms with E-state index in [2.05, 4.69) is 21.6 Å². The summed E-state index contributed by atoms with van der Waals surface area (Å²) in [7, 11) is 0. The number of aromatic amines is 1. The van der Waals surface area contributed by atoms with Crippen LogP contribution in [0.25, 0.3) is 0 Å². The fourth-order valence-electron chi connectivity index (χ4n) is 2.10. The lowest BCUT2D eigenvalue weighted by Gasteiger charge is -2.11. The number of benzene rings is 1. The van der Waals surface area contributed by atoms with Crippen molar-refractivity contribution in [1.29, 1.82) is 0 Å². The third-order valence-electron chi connectivity index (χ3n) is 3.17. The van der Waals surface area contributed by atoms with Crippen LogP contribution in [0.3, 0.4) is 0 Å². The first kappa shape index (κ1) is 13.6. The second-order valence-corrected chi connectivity index (χ2v) is 4.56. The predicted octanol–water partition coefficient (Wildman–Crippen LogP) is 2.72. The van der Waals surface area contributed by atoms with E-state index in [1.54, 1.807) is 0 Å². The zero-order valence-corrected chi connectivity index (χ0v) is 11.8. The summed E-state index contributed by atoms with van der Waals surface area (Å²) in [4.78, 5) is 0. The largest absolute Gasteiger partial charge is 0.494 e. The van der Waals surface area contributed by atoms with Gasteiger partial charge in [-0.25, -0.2) is 0 Å². The SMILES string of the molecule is CCOc1ccccc1CNCc1c(C)n[nH]c1C. The van der Waals surface area contributed by atoms with Crippen LogP contribution in [0.15, 0.2) is 24.3 Å². The number of nitrogens with zero attached hydrogens (tertiary/aromatic N) is 1. The highest BCUT2D eigenvalue weighted by atomic mass is 16.5. The predicted molar refractivity (Wildman–Crippen MR) is 76.2 cm³/mol. The maximum atomic E-state index is 5.61. The van der Waals surface area contributed by atoms with Gasteiger partial charge in [0.15, 0.2) is 0 Å². The first-order valence-corrected chi connectivity index (χ1v) is 6.64. The molecule has 0 atom stereocenters. The Morgan fingerprint density at radius 3 is 2.68 bits per heavy atom. The van der Waals surface area contributed by atoms with Crippen LogP contribution in [0.5, 0.6) is 5.75 Å². The van der Waals surface area contributed by atoms with Gasteiger partial charge in [0, 0.05) is 29.9 Å². The molecule has 0 unspecified atom stereocenters. The fourth-order valence-corrected chi connectivity index (χ4v) is 2.10. The molecule has 19 heavy (non-hydrogen) atoms. The van der Waals surface area contributed by atoms with Gasteiger partial charge in [0.1, 0.15) is 5.75 Å². The molecule has 0 saturated carbocycles. The Hall–Kier alpha value is -1.81. The van der Waals surface area contributed by atoms with Gasteiger partial charge in [0.25, 0.3) is 0 Å². The first-order chi connectivity index (χ1) is 9.22. The van der Waals surface area contributed by atoms with E-state index < -0.39 is 0 Å². The quantitative estimate of drug-likeness (QED) is 0.838. The number of aryl methyl sites for hydroxylation is 2. The van der Waals surface area contributed by atoms with E-state index in [-0.39, 0.29) is 0 Å². The molecule has 0 fully saturated rings. The molecule has 1 aromatic heterocycles. The molecule has 102 valence electrons. The Morgan fingerprint density at radius 1 is 1.21 bits per heavy atom. The highest BCUT2D eigenvalue weighted by Crippen LogP contribution is 2.18. The van der Waals surface area contributed by atoms with E-state index in [9.17, 15) is 0 Å². The molecule has 2 rings (SSSR count). The molecule has 2 N–H and O–H groups in total. The molecule has 2 aromatic rings. The van der Waals surface area contributed by atoms with Crippen LogP contribution in [-0.4, -0.2) is 16.8 Å². The Kier molecular flexibility index (Phi) is 4.58. The second-order valence-electron chi connectivity index (χ2n) is 4.56. The summed E-state index contributed by atoms with van der Waals surface area (Å²) >= 11 is 0. The molecular formula is C15H21N3O. The Morgan fingerprint density at radius 2 is 2.00 bits per heavy atom. The average molecular weight is 259 g/mol. The molecule has 0 radical (unpaired) electrons. The Bertz CT molecular complexity index is 514. The Labute approximate surface area is 114 Å². The van der Waals surface area contributed by atoms with E-state index in [4.69, 9.17) is 4.74 Å². The van der Waals surface area contributed by atoms with Crippen LogP contribution in [0.4, 0.5) is 0 Å². The van der Waals surface area contributed by atoms with Crippen LogP contribution in [0.1, 0.15) is 29.4 Å². The van der Waals surface area contributed by atoms with Crippen molar-refractivity contribution in [2.24, 2.45) is 0 Å². The first-order valence-electron chi connectivity index (χ1n) is 6.64. The Balaban J connectivity index is 1.96. The van der Waals surface area contributed by atoms with Crippen molar-refractivity contribution in [1.82, 2.24) is 15.5 Å². The minimum atomic E-state index is 0.691. The van der Waals surface area contributed by atoms with Crippen LogP contribution in [-0.2, 0) is 13.1 Å². The summed E-state index contributed by atoms with van der Waals surface area (Å²) in [6.07, 6.45) is 0. The number of hydrogen-bond acceptors (Lipinski definition) is 3. The number of hydrogen-bond donors (Lipinski definition) is 2. The van der Waals surface area contributed by atoms with Gasteiger partial charge in [-0.05, 0) is 26.8 Å². The number of aromatic nitrogens is 2. The van der Waals surface area contributed by atoms with Crippen LogP contribution in [0.2, 0.25) is 0 Å². The molecule has 1 aromatic carbocycles. The third kappa shape index (κ3) is 3.35. The number of nitrogens with one attached hydrogen (secondary N) is 2. The standard InChI is InChI=1S/C15H21N3O/c1-4-19-15-8-6-5-7-13(15)9-16-10-14-11(2)17-18-12(14)3/h5-8,16H,4,9-10H2,1-3H3,(H,17,18). The van der Waals surface area contributed by atoms with Crippen molar-refractivity contribution >= 4 is 0 Å². The molecule has 4 heteroatoms. The summed E-state index contributed by atoms with van der Waals surface area (Å²) in [5, 5.41) is 10.6. The summed E-state index contributed by atoms with van der Waals surface area (Å²) < 4.78 is 5.61. The molecule has 0 amide bonds. The van der Waals surface area contributed by atoms with Gasteiger partial charge in [-0.1, -0.05) is 18.2 Å². The van der Waals surface area contributed by atoms with Crippen molar-refractivity contribution < 1.29 is 4.74 Å². The summed E-state index contributed by atoms with van der Waals surface area (Å²) in [5.41, 5.74) is 4.61. The summed E-state index contributed by atoms with van der Waals surface area (Å²) in [5.74, 6) is 0.957. The number of rotatable bonds is 6. The molecule has 0 aliphatic rings. The highest BCUT2D eigenvalue weighted by Gasteiger charge is 2.06. The van der Waals surface area contributed by atoms with E-state index in [1.165, 1.54) is 11.1 Å². The van der Waals surface area contributed by atoms with Crippen LogP contribution < -0.4 is 10.1 Å². The zero-order valence-electron chi connectivity index (χ0n) is 11.8. The average Bonchev–Trinajstić information content (AvgIpc) is 2.72. The van der Waals surface area contributed by atoms with Crippen LogP contribution >= 0.6 is 0 Å². The van der Waals surface area contributed by atoms with Crippen molar-refractivity contribution in [2.45, 2.75) is 33.9 Å². The van der Waals surface area contributed by atoms with Gasteiger partial charge in [-0.15, -0.1) is 0 Å². The minimum absolute atomic E-state index is 0.691. The summed E-state index contributed by atoms with van der Waals surface area (Å²) in [6.45, 7) is 8.37. The normalized spacial score (nSPS) is 10.7. The monoisotopic (exact) mass is 259 g/mol. The lowest BCUT2D eigenvalue weighted by molar-refractivity contribution is 0.335. The highest BCUT2D eigenvalue weighted by molar-refractivity contribution is 5.33. The molecular weight excluding hydrogens is 238 g/mol. The lowest BCUT2D eigenvalue weighted by atomic mass is 10.1. The zero-order chi connectivity index (χ0) is 13.7. The van der Waals surface area contributed by atoms with Gasteiger partial charge in [0.2, 0.25) is 0 Å². The van der Waals surface area contributed by atoms with E-state index in [0.29, 0.717) is 6.61 Å². The summed E-state index contributed by atoms with van der Waals surface area (Å²) in [6, 6.07) is 8.13. The number of para-hydroxylation sites is 1. The third-order valence-corrected chi connectivity index (χ3v) is 3.17.